The number of methoxy groups -OCH3 is 2. The van der Waals surface area contributed by atoms with E-state index in [2.05, 4.69) is 0 Å². The molecule has 0 amide bonds. The van der Waals surface area contributed by atoms with E-state index in [0.717, 1.165) is 5.56 Å². The number of halogens is 1. The zero-order valence-corrected chi connectivity index (χ0v) is 9.26. The first-order valence-corrected chi connectivity index (χ1v) is 4.65. The Labute approximate surface area is 88.8 Å². The highest BCUT2D eigenvalue weighted by Gasteiger charge is 2.12. The molecule has 78 valence electrons. The largest absolute Gasteiger partial charge is 0.493 e. The Balaban J connectivity index is 3.24. The van der Waals surface area contributed by atoms with E-state index in [0.29, 0.717) is 16.5 Å². The zero-order valence-electron chi connectivity index (χ0n) is 8.50. The van der Waals surface area contributed by atoms with Crippen molar-refractivity contribution in [1.82, 2.24) is 0 Å². The Morgan fingerprint density at radius 3 is 2.36 bits per heavy atom. The van der Waals surface area contributed by atoms with Gasteiger partial charge in [-0.25, -0.2) is 0 Å². The maximum Gasteiger partial charge on any atom is 0.179 e. The van der Waals surface area contributed by atoms with Crippen LogP contribution < -0.4 is 15.2 Å². The van der Waals surface area contributed by atoms with Crippen LogP contribution in [0.25, 0.3) is 0 Å². The maximum absolute atomic E-state index is 6.00. The minimum atomic E-state index is -0.0766. The molecule has 0 unspecified atom stereocenters. The standard InChI is InChI=1S/C10H14ClNO2/c1-6(12)7-4-8(11)10(14-3)9(5-7)13-2/h4-6H,12H2,1-3H3/t6-/m1/s1. The van der Waals surface area contributed by atoms with Gasteiger partial charge >= 0.3 is 0 Å². The number of nitrogens with two attached hydrogens (primary N) is 1. The first-order chi connectivity index (χ1) is 6.60. The van der Waals surface area contributed by atoms with Gasteiger partial charge < -0.3 is 15.2 Å². The molecule has 0 heterocycles. The topological polar surface area (TPSA) is 44.5 Å². The van der Waals surface area contributed by atoms with Crippen LogP contribution in [0.4, 0.5) is 0 Å². The van der Waals surface area contributed by atoms with Crippen molar-refractivity contribution < 1.29 is 9.47 Å². The van der Waals surface area contributed by atoms with Gasteiger partial charge in [-0.1, -0.05) is 11.6 Å². The van der Waals surface area contributed by atoms with E-state index < -0.39 is 0 Å². The van der Waals surface area contributed by atoms with Crippen LogP contribution >= 0.6 is 11.6 Å². The van der Waals surface area contributed by atoms with Crippen molar-refractivity contribution in [2.24, 2.45) is 5.73 Å². The van der Waals surface area contributed by atoms with Gasteiger partial charge in [-0.3, -0.25) is 0 Å². The van der Waals surface area contributed by atoms with Crippen LogP contribution in [0.3, 0.4) is 0 Å². The molecule has 0 saturated heterocycles. The third-order valence-electron chi connectivity index (χ3n) is 1.98. The summed E-state index contributed by atoms with van der Waals surface area (Å²) in [5, 5.41) is 0.513. The maximum atomic E-state index is 6.00. The Morgan fingerprint density at radius 1 is 1.29 bits per heavy atom. The van der Waals surface area contributed by atoms with Crippen molar-refractivity contribution in [2.75, 3.05) is 14.2 Å². The van der Waals surface area contributed by atoms with Crippen molar-refractivity contribution >= 4 is 11.6 Å². The average molecular weight is 216 g/mol. The Morgan fingerprint density at radius 2 is 1.93 bits per heavy atom. The zero-order chi connectivity index (χ0) is 10.7. The van der Waals surface area contributed by atoms with Crippen LogP contribution in [0, 0.1) is 0 Å². The van der Waals surface area contributed by atoms with Crippen LogP contribution in [-0.4, -0.2) is 14.2 Å². The summed E-state index contributed by atoms with van der Waals surface area (Å²) in [6, 6.07) is 3.54. The normalized spacial score (nSPS) is 12.4. The van der Waals surface area contributed by atoms with Crippen LogP contribution in [0.15, 0.2) is 12.1 Å². The van der Waals surface area contributed by atoms with Crippen molar-refractivity contribution in [3.05, 3.63) is 22.7 Å². The molecule has 0 fully saturated rings. The molecule has 0 aliphatic heterocycles. The highest BCUT2D eigenvalue weighted by molar-refractivity contribution is 6.32. The molecule has 2 N–H and O–H groups in total. The molecule has 4 heteroatoms. The summed E-state index contributed by atoms with van der Waals surface area (Å²) in [5.41, 5.74) is 6.67. The summed E-state index contributed by atoms with van der Waals surface area (Å²) >= 11 is 6.00. The molecule has 0 bridgehead atoms. The second kappa shape index (κ2) is 4.53. The quantitative estimate of drug-likeness (QED) is 0.842. The smallest absolute Gasteiger partial charge is 0.179 e. The molecule has 0 aliphatic rings. The van der Waals surface area contributed by atoms with Crippen LogP contribution in [0.5, 0.6) is 11.5 Å². The summed E-state index contributed by atoms with van der Waals surface area (Å²) in [6.45, 7) is 1.89. The molecule has 1 atom stereocenters. The molecular weight excluding hydrogens is 202 g/mol. The van der Waals surface area contributed by atoms with Crippen LogP contribution in [0.2, 0.25) is 5.02 Å². The van der Waals surface area contributed by atoms with Crippen LogP contribution in [0.1, 0.15) is 18.5 Å². The number of benzene rings is 1. The average Bonchev–Trinajstić information content (AvgIpc) is 2.16. The molecule has 0 saturated carbocycles. The summed E-state index contributed by atoms with van der Waals surface area (Å²) in [6.07, 6.45) is 0. The summed E-state index contributed by atoms with van der Waals surface area (Å²) < 4.78 is 10.2. The lowest BCUT2D eigenvalue weighted by Gasteiger charge is -2.13. The van der Waals surface area contributed by atoms with Crippen molar-refractivity contribution in [2.45, 2.75) is 13.0 Å². The van der Waals surface area contributed by atoms with Gasteiger partial charge in [0.15, 0.2) is 11.5 Å². The SMILES string of the molecule is COc1cc([C@@H](C)N)cc(Cl)c1OC. The van der Waals surface area contributed by atoms with E-state index in [1.165, 1.54) is 0 Å². The molecular formula is C10H14ClNO2. The number of ether oxygens (including phenoxy) is 2. The summed E-state index contributed by atoms with van der Waals surface area (Å²) in [5.74, 6) is 1.14. The molecule has 1 rings (SSSR count). The monoisotopic (exact) mass is 215 g/mol. The number of rotatable bonds is 3. The van der Waals surface area contributed by atoms with E-state index in [1.54, 1.807) is 20.3 Å². The van der Waals surface area contributed by atoms with E-state index in [-0.39, 0.29) is 6.04 Å². The predicted octanol–water partition coefficient (Wildman–Crippen LogP) is 2.38. The van der Waals surface area contributed by atoms with Gasteiger partial charge in [0.25, 0.3) is 0 Å². The second-order valence-electron chi connectivity index (χ2n) is 3.03. The van der Waals surface area contributed by atoms with Gasteiger partial charge in [-0.05, 0) is 24.6 Å². The molecule has 0 spiro atoms. The molecule has 0 aromatic heterocycles. The third kappa shape index (κ3) is 2.11. The summed E-state index contributed by atoms with van der Waals surface area (Å²) in [7, 11) is 3.12. The molecule has 0 aliphatic carbocycles. The molecule has 1 aromatic carbocycles. The van der Waals surface area contributed by atoms with E-state index in [4.69, 9.17) is 26.8 Å². The van der Waals surface area contributed by atoms with Gasteiger partial charge in [0.05, 0.1) is 19.2 Å². The third-order valence-corrected chi connectivity index (χ3v) is 2.26. The molecule has 0 radical (unpaired) electrons. The van der Waals surface area contributed by atoms with Gasteiger partial charge in [-0.15, -0.1) is 0 Å². The first kappa shape index (κ1) is 11.1. The Kier molecular flexibility index (Phi) is 3.61. The fourth-order valence-electron chi connectivity index (χ4n) is 1.20. The Bertz CT molecular complexity index is 326. The minimum absolute atomic E-state index is 0.0766. The van der Waals surface area contributed by atoms with E-state index >= 15 is 0 Å². The fraction of sp³-hybridized carbons (Fsp3) is 0.400. The highest BCUT2D eigenvalue weighted by Crippen LogP contribution is 2.37. The van der Waals surface area contributed by atoms with Gasteiger partial charge in [0.1, 0.15) is 0 Å². The summed E-state index contributed by atoms with van der Waals surface area (Å²) in [4.78, 5) is 0. The number of hydrogen-bond acceptors (Lipinski definition) is 3. The lowest BCUT2D eigenvalue weighted by atomic mass is 10.1. The first-order valence-electron chi connectivity index (χ1n) is 4.27. The molecule has 14 heavy (non-hydrogen) atoms. The van der Waals surface area contributed by atoms with Gasteiger partial charge in [0, 0.05) is 6.04 Å². The lowest BCUT2D eigenvalue weighted by molar-refractivity contribution is 0.354. The van der Waals surface area contributed by atoms with Crippen molar-refractivity contribution in [3.8, 4) is 11.5 Å². The van der Waals surface area contributed by atoms with E-state index in [1.807, 2.05) is 13.0 Å². The lowest BCUT2D eigenvalue weighted by Crippen LogP contribution is -2.05. The van der Waals surface area contributed by atoms with Gasteiger partial charge in [0.2, 0.25) is 0 Å². The highest BCUT2D eigenvalue weighted by atomic mass is 35.5. The predicted molar refractivity (Wildman–Crippen MR) is 57.2 cm³/mol. The Hall–Kier alpha value is -0.930. The second-order valence-corrected chi connectivity index (χ2v) is 3.43. The fourth-order valence-corrected chi connectivity index (χ4v) is 1.50. The van der Waals surface area contributed by atoms with Gasteiger partial charge in [-0.2, -0.15) is 0 Å². The van der Waals surface area contributed by atoms with Crippen molar-refractivity contribution in [1.29, 1.82) is 0 Å². The van der Waals surface area contributed by atoms with Crippen LogP contribution in [-0.2, 0) is 0 Å². The molecule has 1 aromatic rings. The van der Waals surface area contributed by atoms with E-state index in [9.17, 15) is 0 Å². The minimum Gasteiger partial charge on any atom is -0.493 e. The number of hydrogen-bond donors (Lipinski definition) is 1. The van der Waals surface area contributed by atoms with Crippen molar-refractivity contribution in [3.63, 3.8) is 0 Å². The molecule has 3 nitrogen and oxygen atoms in total.